The number of ether oxygens (including phenoxy) is 1. The first-order chi connectivity index (χ1) is 21.1. The summed E-state index contributed by atoms with van der Waals surface area (Å²) in [5, 5.41) is 11.2. The molecule has 4 rings (SSSR count). The Morgan fingerprint density at radius 2 is 1.59 bits per heavy atom. The van der Waals surface area contributed by atoms with E-state index in [-0.39, 0.29) is 23.9 Å². The second-order valence-corrected chi connectivity index (χ2v) is 10.8. The zero-order valence-corrected chi connectivity index (χ0v) is 24.4. The number of aromatic nitrogens is 1. The van der Waals surface area contributed by atoms with Crippen LogP contribution in [0.2, 0.25) is 0 Å². The Kier molecular flexibility index (Phi) is 11.3. The zero-order chi connectivity index (χ0) is 31.5. The molecule has 1 heterocycles. The number of amides is 1. The molecule has 230 valence electrons. The lowest BCUT2D eigenvalue weighted by Gasteiger charge is -2.23. The van der Waals surface area contributed by atoms with Gasteiger partial charge in [0.15, 0.2) is 5.78 Å². The molecule has 44 heavy (non-hydrogen) atoms. The number of hydrogen-bond donors (Lipinski definition) is 1. The minimum atomic E-state index is -4.77. The summed E-state index contributed by atoms with van der Waals surface area (Å²) in [5.74, 6) is -1.12. The number of aliphatic hydroxyl groups is 1. The standard InChI is InChI=1S/C35H35F3N2O4/c1-40(24-30-16-5-6-19-39-30)34(43)28-15-9-14-27(22-28)33(42)23-29(20-25-10-3-2-4-11-25)32(41)18-8-13-26-12-7-17-31(21-26)44-35(36,37)38/h2-7,9-12,14-17,19,21-22,29,32,41H,8,13,18,20,23-24H2,1H3/t29-,32-/m1/s1. The summed E-state index contributed by atoms with van der Waals surface area (Å²) >= 11 is 0. The van der Waals surface area contributed by atoms with E-state index in [9.17, 15) is 27.9 Å². The number of rotatable bonds is 14. The first kappa shape index (κ1) is 32.4. The van der Waals surface area contributed by atoms with Gasteiger partial charge in [-0.05, 0) is 79.1 Å². The summed E-state index contributed by atoms with van der Waals surface area (Å²) in [6, 6.07) is 27.4. The predicted octanol–water partition coefficient (Wildman–Crippen LogP) is 7.07. The van der Waals surface area contributed by atoms with Crippen LogP contribution in [0.1, 0.15) is 56.8 Å². The van der Waals surface area contributed by atoms with Crippen LogP contribution in [0.4, 0.5) is 13.2 Å². The summed E-state index contributed by atoms with van der Waals surface area (Å²) in [6.07, 6.45) is -2.11. The highest BCUT2D eigenvalue weighted by Crippen LogP contribution is 2.26. The average Bonchev–Trinajstić information content (AvgIpc) is 3.00. The molecule has 9 heteroatoms. The summed E-state index contributed by atoms with van der Waals surface area (Å²) in [6.45, 7) is 0.322. The SMILES string of the molecule is CN(Cc1ccccn1)C(=O)c1cccc(C(=O)C[C@@H](Cc2ccccc2)[C@H](O)CCCc2cccc(OC(F)(F)F)c2)c1. The number of aliphatic hydroxyl groups excluding tert-OH is 1. The third-order valence-corrected chi connectivity index (χ3v) is 7.33. The molecule has 3 aromatic carbocycles. The number of carbonyl (C=O) groups is 2. The molecule has 1 amide bonds. The summed E-state index contributed by atoms with van der Waals surface area (Å²) in [4.78, 5) is 32.4. The van der Waals surface area contributed by atoms with Crippen molar-refractivity contribution >= 4 is 11.7 Å². The monoisotopic (exact) mass is 604 g/mol. The molecule has 4 aromatic rings. The van der Waals surface area contributed by atoms with Crippen molar-refractivity contribution in [3.05, 3.63) is 131 Å². The number of carbonyl (C=O) groups excluding carboxylic acids is 2. The maximum Gasteiger partial charge on any atom is 0.573 e. The predicted molar refractivity (Wildman–Crippen MR) is 161 cm³/mol. The van der Waals surface area contributed by atoms with Crippen LogP contribution in [0.3, 0.4) is 0 Å². The second kappa shape index (κ2) is 15.3. The molecule has 0 radical (unpaired) electrons. The molecule has 0 aliphatic carbocycles. The largest absolute Gasteiger partial charge is 0.573 e. The maximum absolute atomic E-state index is 13.5. The van der Waals surface area contributed by atoms with Crippen molar-refractivity contribution in [3.8, 4) is 5.75 Å². The quantitative estimate of drug-likeness (QED) is 0.156. The Bertz CT molecular complexity index is 1510. The molecule has 1 aromatic heterocycles. The van der Waals surface area contributed by atoms with E-state index in [1.165, 1.54) is 18.2 Å². The lowest BCUT2D eigenvalue weighted by molar-refractivity contribution is -0.274. The van der Waals surface area contributed by atoms with E-state index in [1.807, 2.05) is 42.5 Å². The molecule has 0 bridgehead atoms. The number of Topliss-reactive ketones (excluding diaryl/α,β-unsaturated/α-hetero) is 1. The molecule has 0 spiro atoms. The first-order valence-electron chi connectivity index (χ1n) is 14.4. The van der Waals surface area contributed by atoms with Crippen molar-refractivity contribution in [2.24, 2.45) is 5.92 Å². The average molecular weight is 605 g/mol. The smallest absolute Gasteiger partial charge is 0.406 e. The Hall–Kier alpha value is -4.50. The van der Waals surface area contributed by atoms with E-state index in [0.717, 1.165) is 11.3 Å². The van der Waals surface area contributed by atoms with Gasteiger partial charge in [-0.3, -0.25) is 14.6 Å². The molecular formula is C35H35F3N2O4. The van der Waals surface area contributed by atoms with Gasteiger partial charge >= 0.3 is 6.36 Å². The summed E-state index contributed by atoms with van der Waals surface area (Å²) < 4.78 is 41.8. The van der Waals surface area contributed by atoms with Crippen molar-refractivity contribution in [1.29, 1.82) is 0 Å². The van der Waals surface area contributed by atoms with Gasteiger partial charge in [-0.2, -0.15) is 0 Å². The zero-order valence-electron chi connectivity index (χ0n) is 24.4. The van der Waals surface area contributed by atoms with Gasteiger partial charge in [-0.1, -0.05) is 60.7 Å². The Morgan fingerprint density at radius 1 is 0.886 bits per heavy atom. The van der Waals surface area contributed by atoms with Crippen LogP contribution in [0.15, 0.2) is 103 Å². The Balaban J connectivity index is 1.41. The molecule has 2 atom stereocenters. The van der Waals surface area contributed by atoms with Crippen LogP contribution in [0, 0.1) is 5.92 Å². The number of ketones is 1. The number of pyridine rings is 1. The van der Waals surface area contributed by atoms with Crippen LogP contribution in [-0.4, -0.2) is 46.2 Å². The van der Waals surface area contributed by atoms with Gasteiger partial charge in [0.25, 0.3) is 5.91 Å². The van der Waals surface area contributed by atoms with Crippen LogP contribution in [0.25, 0.3) is 0 Å². The molecule has 0 aliphatic heterocycles. The number of aryl methyl sites for hydroxylation is 1. The lowest BCUT2D eigenvalue weighted by Crippen LogP contribution is -2.27. The van der Waals surface area contributed by atoms with Crippen LogP contribution >= 0.6 is 0 Å². The number of alkyl halides is 3. The second-order valence-electron chi connectivity index (χ2n) is 10.8. The van der Waals surface area contributed by atoms with Gasteiger partial charge in [0.1, 0.15) is 5.75 Å². The molecule has 0 unspecified atom stereocenters. The maximum atomic E-state index is 13.5. The van der Waals surface area contributed by atoms with E-state index >= 15 is 0 Å². The first-order valence-corrected chi connectivity index (χ1v) is 14.4. The molecule has 0 fully saturated rings. The van der Waals surface area contributed by atoms with E-state index < -0.39 is 18.4 Å². The minimum absolute atomic E-state index is 0.0619. The topological polar surface area (TPSA) is 79.7 Å². The number of hydrogen-bond acceptors (Lipinski definition) is 5. The van der Waals surface area contributed by atoms with Gasteiger partial charge < -0.3 is 14.7 Å². The van der Waals surface area contributed by atoms with Crippen molar-refractivity contribution in [3.63, 3.8) is 0 Å². The van der Waals surface area contributed by atoms with E-state index in [2.05, 4.69) is 9.72 Å². The van der Waals surface area contributed by atoms with Gasteiger partial charge in [-0.25, -0.2) is 0 Å². The molecule has 0 saturated heterocycles. The molecular weight excluding hydrogens is 569 g/mol. The van der Waals surface area contributed by atoms with Crippen LogP contribution < -0.4 is 4.74 Å². The highest BCUT2D eigenvalue weighted by Gasteiger charge is 2.31. The Morgan fingerprint density at radius 3 is 2.32 bits per heavy atom. The number of halogens is 3. The fourth-order valence-electron chi connectivity index (χ4n) is 5.12. The normalized spacial score (nSPS) is 12.8. The van der Waals surface area contributed by atoms with Gasteiger partial charge in [0.05, 0.1) is 18.3 Å². The third kappa shape index (κ3) is 10.1. The number of benzene rings is 3. The highest BCUT2D eigenvalue weighted by atomic mass is 19.4. The summed E-state index contributed by atoms with van der Waals surface area (Å²) in [7, 11) is 1.68. The van der Waals surface area contributed by atoms with E-state index in [4.69, 9.17) is 0 Å². The highest BCUT2D eigenvalue weighted by molar-refractivity contribution is 6.00. The van der Waals surface area contributed by atoms with E-state index in [1.54, 1.807) is 54.5 Å². The fourth-order valence-corrected chi connectivity index (χ4v) is 5.12. The minimum Gasteiger partial charge on any atom is -0.406 e. The van der Waals surface area contributed by atoms with Crippen LogP contribution in [-0.2, 0) is 19.4 Å². The Labute approximate surface area is 255 Å². The third-order valence-electron chi connectivity index (χ3n) is 7.33. The lowest BCUT2D eigenvalue weighted by atomic mass is 9.85. The van der Waals surface area contributed by atoms with Crippen LogP contribution in [0.5, 0.6) is 5.75 Å². The van der Waals surface area contributed by atoms with Crippen molar-refractivity contribution < 1.29 is 32.6 Å². The molecule has 1 N–H and O–H groups in total. The summed E-state index contributed by atoms with van der Waals surface area (Å²) in [5.41, 5.74) is 3.14. The number of nitrogens with zero attached hydrogens (tertiary/aromatic N) is 2. The van der Waals surface area contributed by atoms with E-state index in [0.29, 0.717) is 48.9 Å². The van der Waals surface area contributed by atoms with Crippen molar-refractivity contribution in [2.45, 2.75) is 51.1 Å². The molecule has 0 aliphatic rings. The van der Waals surface area contributed by atoms with Crippen molar-refractivity contribution in [2.75, 3.05) is 7.05 Å². The molecule has 0 saturated carbocycles. The molecule has 6 nitrogen and oxygen atoms in total. The van der Waals surface area contributed by atoms with Gasteiger partial charge in [-0.15, -0.1) is 13.2 Å². The van der Waals surface area contributed by atoms with Gasteiger partial charge in [0.2, 0.25) is 0 Å². The fraction of sp³-hybridized carbons (Fsp3) is 0.286. The van der Waals surface area contributed by atoms with Crippen molar-refractivity contribution in [1.82, 2.24) is 9.88 Å². The van der Waals surface area contributed by atoms with Gasteiger partial charge in [0, 0.05) is 30.8 Å².